The van der Waals surface area contributed by atoms with Crippen LogP contribution in [0.1, 0.15) is 40.0 Å². The van der Waals surface area contributed by atoms with E-state index in [4.69, 9.17) is 15.6 Å². The monoisotopic (exact) mass is 258 g/mol. The first-order valence-electron chi connectivity index (χ1n) is 6.61. The summed E-state index contributed by atoms with van der Waals surface area (Å²) in [6.07, 6.45) is 2.13. The van der Waals surface area contributed by atoms with Gasteiger partial charge < -0.3 is 20.5 Å². The zero-order valence-electron chi connectivity index (χ0n) is 11.7. The van der Waals surface area contributed by atoms with Crippen LogP contribution in [0, 0.1) is 5.41 Å². The molecule has 3 N–H and O–H groups in total. The van der Waals surface area contributed by atoms with Gasteiger partial charge in [-0.2, -0.15) is 0 Å². The van der Waals surface area contributed by atoms with E-state index in [0.29, 0.717) is 26.1 Å². The fourth-order valence-corrected chi connectivity index (χ4v) is 2.28. The van der Waals surface area contributed by atoms with Crippen LogP contribution in [0.25, 0.3) is 0 Å². The van der Waals surface area contributed by atoms with E-state index in [-0.39, 0.29) is 18.1 Å². The smallest absolute Gasteiger partial charge is 0.410 e. The number of aliphatic hydroxyl groups is 1. The van der Waals surface area contributed by atoms with Crippen LogP contribution in [0.5, 0.6) is 0 Å². The van der Waals surface area contributed by atoms with Crippen LogP contribution in [0.2, 0.25) is 0 Å². The Morgan fingerprint density at radius 1 is 1.39 bits per heavy atom. The number of nitrogens with two attached hydrogens (primary N) is 1. The molecule has 1 aliphatic heterocycles. The molecule has 0 bridgehead atoms. The summed E-state index contributed by atoms with van der Waals surface area (Å²) in [5.41, 5.74) is 5.34. The molecule has 0 saturated carbocycles. The summed E-state index contributed by atoms with van der Waals surface area (Å²) in [7, 11) is 0. The van der Waals surface area contributed by atoms with Crippen LogP contribution in [0.3, 0.4) is 0 Å². The lowest BCUT2D eigenvalue weighted by molar-refractivity contribution is 0.00806. The molecule has 1 fully saturated rings. The van der Waals surface area contributed by atoms with Gasteiger partial charge in [0, 0.05) is 19.7 Å². The number of piperidine rings is 1. The van der Waals surface area contributed by atoms with Gasteiger partial charge in [-0.1, -0.05) is 0 Å². The molecule has 5 nitrogen and oxygen atoms in total. The minimum absolute atomic E-state index is 0.00668. The molecule has 1 aliphatic rings. The first kappa shape index (κ1) is 15.2. The Morgan fingerprint density at radius 2 is 1.94 bits per heavy atom. The fraction of sp³-hybridized carbons (Fsp3) is 0.923. The highest BCUT2D eigenvalue weighted by Gasteiger charge is 2.35. The van der Waals surface area contributed by atoms with Crippen molar-refractivity contribution in [3.05, 3.63) is 0 Å². The Morgan fingerprint density at radius 3 is 2.33 bits per heavy atom. The minimum Gasteiger partial charge on any atom is -0.444 e. The number of carbonyl (C=O) groups excluding carboxylic acids is 1. The Kier molecular flexibility index (Phi) is 4.99. The van der Waals surface area contributed by atoms with E-state index in [1.54, 1.807) is 4.90 Å². The number of carbonyl (C=O) groups is 1. The van der Waals surface area contributed by atoms with Crippen LogP contribution < -0.4 is 5.73 Å². The van der Waals surface area contributed by atoms with Gasteiger partial charge in [0.25, 0.3) is 0 Å². The molecular formula is C13H26N2O3. The molecular weight excluding hydrogens is 232 g/mol. The molecule has 1 heterocycles. The normalized spacial score (nSPS) is 19.7. The summed E-state index contributed by atoms with van der Waals surface area (Å²) in [5, 5.41) is 9.08. The zero-order valence-corrected chi connectivity index (χ0v) is 11.7. The predicted octanol–water partition coefficient (Wildman–Crippen LogP) is 1.34. The average Bonchev–Trinajstić information content (AvgIpc) is 2.28. The molecule has 0 aromatic heterocycles. The quantitative estimate of drug-likeness (QED) is 0.801. The lowest BCUT2D eigenvalue weighted by Gasteiger charge is -2.41. The molecule has 1 amide bonds. The van der Waals surface area contributed by atoms with Crippen molar-refractivity contribution >= 4 is 6.09 Å². The number of rotatable bonds is 3. The Labute approximate surface area is 109 Å². The van der Waals surface area contributed by atoms with Crippen molar-refractivity contribution in [2.24, 2.45) is 11.1 Å². The van der Waals surface area contributed by atoms with Gasteiger partial charge in [0.15, 0.2) is 0 Å². The summed E-state index contributed by atoms with van der Waals surface area (Å²) in [6, 6.07) is 0. The SMILES string of the molecule is CC(C)(C)OC(=O)N1CCC(CN)(CCO)CC1. The highest BCUT2D eigenvalue weighted by molar-refractivity contribution is 5.68. The number of likely N-dealkylation sites (tertiary alicyclic amines) is 1. The van der Waals surface area contributed by atoms with E-state index in [1.807, 2.05) is 20.8 Å². The number of nitrogens with zero attached hydrogens (tertiary/aromatic N) is 1. The third-order valence-corrected chi connectivity index (χ3v) is 3.55. The van der Waals surface area contributed by atoms with E-state index >= 15 is 0 Å². The molecule has 1 saturated heterocycles. The Balaban J connectivity index is 2.50. The number of hydrogen-bond acceptors (Lipinski definition) is 4. The van der Waals surface area contributed by atoms with Gasteiger partial charge in [-0.15, -0.1) is 0 Å². The molecule has 0 radical (unpaired) electrons. The van der Waals surface area contributed by atoms with Gasteiger partial charge in [0.1, 0.15) is 5.60 Å². The van der Waals surface area contributed by atoms with Gasteiger partial charge in [-0.3, -0.25) is 0 Å². The molecule has 5 heteroatoms. The van der Waals surface area contributed by atoms with Crippen LogP contribution >= 0.6 is 0 Å². The van der Waals surface area contributed by atoms with Crippen LogP contribution in [-0.2, 0) is 4.74 Å². The fourth-order valence-electron chi connectivity index (χ4n) is 2.28. The summed E-state index contributed by atoms with van der Waals surface area (Å²) in [4.78, 5) is 13.6. The molecule has 0 atom stereocenters. The molecule has 18 heavy (non-hydrogen) atoms. The number of aliphatic hydroxyl groups excluding tert-OH is 1. The van der Waals surface area contributed by atoms with E-state index < -0.39 is 5.60 Å². The van der Waals surface area contributed by atoms with Gasteiger partial charge in [-0.25, -0.2) is 4.79 Å². The molecule has 0 aromatic rings. The lowest BCUT2D eigenvalue weighted by Crippen LogP contribution is -2.47. The van der Waals surface area contributed by atoms with E-state index in [1.165, 1.54) is 0 Å². The molecule has 0 aromatic carbocycles. The molecule has 106 valence electrons. The van der Waals surface area contributed by atoms with Crippen molar-refractivity contribution in [2.75, 3.05) is 26.2 Å². The maximum absolute atomic E-state index is 11.9. The van der Waals surface area contributed by atoms with E-state index in [0.717, 1.165) is 12.8 Å². The van der Waals surface area contributed by atoms with Crippen molar-refractivity contribution in [3.63, 3.8) is 0 Å². The van der Waals surface area contributed by atoms with Gasteiger partial charge >= 0.3 is 6.09 Å². The van der Waals surface area contributed by atoms with Gasteiger partial charge in [0.2, 0.25) is 0 Å². The second-order valence-corrected chi connectivity index (χ2v) is 6.15. The third kappa shape index (κ3) is 4.14. The number of amides is 1. The largest absolute Gasteiger partial charge is 0.444 e. The van der Waals surface area contributed by atoms with Crippen LogP contribution in [0.15, 0.2) is 0 Å². The second-order valence-electron chi connectivity index (χ2n) is 6.15. The molecule has 0 unspecified atom stereocenters. The first-order chi connectivity index (χ1) is 8.32. The minimum atomic E-state index is -0.454. The van der Waals surface area contributed by atoms with Gasteiger partial charge in [-0.05, 0) is 52.0 Å². The Bertz CT molecular complexity index is 278. The van der Waals surface area contributed by atoms with Crippen molar-refractivity contribution in [1.29, 1.82) is 0 Å². The molecule has 1 rings (SSSR count). The topological polar surface area (TPSA) is 75.8 Å². The zero-order chi connectivity index (χ0) is 13.8. The van der Waals surface area contributed by atoms with E-state index in [9.17, 15) is 4.79 Å². The summed E-state index contributed by atoms with van der Waals surface area (Å²) in [6.45, 7) is 7.64. The second kappa shape index (κ2) is 5.89. The maximum Gasteiger partial charge on any atom is 0.410 e. The highest BCUT2D eigenvalue weighted by atomic mass is 16.6. The van der Waals surface area contributed by atoms with Crippen LogP contribution in [-0.4, -0.2) is 47.9 Å². The average molecular weight is 258 g/mol. The van der Waals surface area contributed by atoms with E-state index in [2.05, 4.69) is 0 Å². The summed E-state index contributed by atoms with van der Waals surface area (Å²) < 4.78 is 5.35. The van der Waals surface area contributed by atoms with Gasteiger partial charge in [0.05, 0.1) is 0 Å². The Hall–Kier alpha value is -0.810. The first-order valence-corrected chi connectivity index (χ1v) is 6.61. The molecule has 0 spiro atoms. The number of hydrogen-bond donors (Lipinski definition) is 2. The summed E-state index contributed by atoms with van der Waals surface area (Å²) in [5.74, 6) is 0. The highest BCUT2D eigenvalue weighted by Crippen LogP contribution is 2.34. The number of ether oxygens (including phenoxy) is 1. The maximum atomic E-state index is 11.9. The summed E-state index contributed by atoms with van der Waals surface area (Å²) >= 11 is 0. The third-order valence-electron chi connectivity index (χ3n) is 3.55. The van der Waals surface area contributed by atoms with Crippen molar-refractivity contribution in [3.8, 4) is 0 Å². The molecule has 0 aliphatic carbocycles. The standard InChI is InChI=1S/C13H26N2O3/c1-12(2,3)18-11(17)15-7-4-13(10-14,5-8-15)6-9-16/h16H,4-10,14H2,1-3H3. The van der Waals surface area contributed by atoms with Crippen LogP contribution in [0.4, 0.5) is 4.79 Å². The predicted molar refractivity (Wildman–Crippen MR) is 70.2 cm³/mol. The van der Waals surface area contributed by atoms with Crippen molar-refractivity contribution in [1.82, 2.24) is 4.90 Å². The van der Waals surface area contributed by atoms with Crippen molar-refractivity contribution < 1.29 is 14.6 Å². The lowest BCUT2D eigenvalue weighted by atomic mass is 9.76. The van der Waals surface area contributed by atoms with Crippen molar-refractivity contribution in [2.45, 2.75) is 45.6 Å².